The summed E-state index contributed by atoms with van der Waals surface area (Å²) in [5, 5.41) is 2.72. The van der Waals surface area contributed by atoms with Gasteiger partial charge in [-0.25, -0.2) is 8.42 Å². The van der Waals surface area contributed by atoms with E-state index in [1.807, 2.05) is 0 Å². The number of hydrogen-bond donors (Lipinski definition) is 1. The quantitative estimate of drug-likeness (QED) is 0.762. The number of nitrogens with one attached hydrogen (secondary N) is 1. The summed E-state index contributed by atoms with van der Waals surface area (Å²) in [5.41, 5.74) is -5.24. The van der Waals surface area contributed by atoms with Crippen LogP contribution in [0.1, 0.15) is 0 Å². The second-order valence-corrected chi connectivity index (χ2v) is 5.29. The van der Waals surface area contributed by atoms with Gasteiger partial charge in [0.1, 0.15) is 0 Å². The molecule has 0 aromatic heterocycles. The highest BCUT2D eigenvalue weighted by atomic mass is 32.2. The van der Waals surface area contributed by atoms with Gasteiger partial charge < -0.3 is 10.1 Å². The third-order valence-electron chi connectivity index (χ3n) is 2.17. The van der Waals surface area contributed by atoms with Crippen molar-refractivity contribution in [1.29, 1.82) is 0 Å². The van der Waals surface area contributed by atoms with Gasteiger partial charge in [0.15, 0.2) is 0 Å². The Morgan fingerprint density at radius 1 is 1.50 bits per heavy atom. The third-order valence-corrected chi connectivity index (χ3v) is 3.76. The van der Waals surface area contributed by atoms with Crippen LogP contribution in [0.25, 0.3) is 0 Å². The van der Waals surface area contributed by atoms with Gasteiger partial charge in [-0.15, -0.1) is 0 Å². The van der Waals surface area contributed by atoms with Crippen LogP contribution >= 0.6 is 0 Å². The first-order valence-corrected chi connectivity index (χ1v) is 6.05. The number of alkyl halides is 3. The lowest BCUT2D eigenvalue weighted by Gasteiger charge is -2.32. The Hall–Kier alpha value is -0.380. The fourth-order valence-corrected chi connectivity index (χ4v) is 2.38. The van der Waals surface area contributed by atoms with Gasteiger partial charge in [0.25, 0.3) is 0 Å². The first kappa shape index (κ1) is 13.7. The van der Waals surface area contributed by atoms with Crippen LogP contribution in [0.5, 0.6) is 0 Å². The van der Waals surface area contributed by atoms with Gasteiger partial charge in [0, 0.05) is 19.6 Å². The lowest BCUT2D eigenvalue weighted by Crippen LogP contribution is -2.51. The third kappa shape index (κ3) is 2.84. The Balaban J connectivity index is 2.74. The fraction of sp³-hybridized carbons (Fsp3) is 1.00. The maximum absolute atomic E-state index is 12.2. The van der Waals surface area contributed by atoms with Gasteiger partial charge in [-0.05, 0) is 7.05 Å². The number of rotatable bonds is 3. The Labute approximate surface area is 91.6 Å². The van der Waals surface area contributed by atoms with Gasteiger partial charge >= 0.3 is 15.5 Å². The summed E-state index contributed by atoms with van der Waals surface area (Å²) >= 11 is 0. The van der Waals surface area contributed by atoms with Crippen molar-refractivity contribution in [1.82, 2.24) is 9.62 Å². The molecule has 0 spiro atoms. The molecule has 0 aliphatic carbocycles. The van der Waals surface area contributed by atoms with Crippen molar-refractivity contribution in [3.8, 4) is 0 Å². The van der Waals surface area contributed by atoms with E-state index in [4.69, 9.17) is 4.74 Å². The zero-order valence-electron chi connectivity index (χ0n) is 8.62. The predicted octanol–water partition coefficient (Wildman–Crippen LogP) is -0.244. The predicted molar refractivity (Wildman–Crippen MR) is 50.2 cm³/mol. The van der Waals surface area contributed by atoms with Crippen LogP contribution in [0, 0.1) is 0 Å². The summed E-state index contributed by atoms with van der Waals surface area (Å²) < 4.78 is 64.4. The molecule has 1 aliphatic rings. The standard InChI is InChI=1S/C7H13F3N2O3S/c1-11-4-6-5-12(2-3-15-6)16(13,14)7(8,9)10/h6,11H,2-5H2,1H3. The molecule has 0 amide bonds. The molecule has 96 valence electrons. The summed E-state index contributed by atoms with van der Waals surface area (Å²) in [6.07, 6.45) is -0.545. The van der Waals surface area contributed by atoms with Crippen LogP contribution in [-0.4, -0.2) is 57.6 Å². The minimum atomic E-state index is -5.24. The smallest absolute Gasteiger partial charge is 0.374 e. The lowest BCUT2D eigenvalue weighted by atomic mass is 10.3. The molecule has 1 saturated heterocycles. The SMILES string of the molecule is CNCC1CN(S(=O)(=O)C(F)(F)F)CCO1. The minimum absolute atomic E-state index is 0.0261. The summed E-state index contributed by atoms with van der Waals surface area (Å²) in [5.74, 6) is 0. The molecule has 5 nitrogen and oxygen atoms in total. The number of morpholine rings is 1. The maximum atomic E-state index is 12.2. The fourth-order valence-electron chi connectivity index (χ4n) is 1.41. The minimum Gasteiger partial charge on any atom is -0.374 e. The number of likely N-dealkylation sites (N-methyl/N-ethyl adjacent to an activating group) is 1. The average Bonchev–Trinajstić information content (AvgIpc) is 2.17. The number of ether oxygens (including phenoxy) is 1. The van der Waals surface area contributed by atoms with E-state index in [2.05, 4.69) is 5.32 Å². The van der Waals surface area contributed by atoms with E-state index < -0.39 is 21.6 Å². The van der Waals surface area contributed by atoms with Crippen molar-refractivity contribution in [2.45, 2.75) is 11.6 Å². The largest absolute Gasteiger partial charge is 0.511 e. The molecule has 1 unspecified atom stereocenters. The molecule has 0 radical (unpaired) electrons. The zero-order chi connectivity index (χ0) is 12.4. The van der Waals surface area contributed by atoms with Gasteiger partial charge in [-0.3, -0.25) is 0 Å². The summed E-state index contributed by atoms with van der Waals surface area (Å²) in [6, 6.07) is 0. The topological polar surface area (TPSA) is 58.6 Å². The van der Waals surface area contributed by atoms with Crippen LogP contribution in [0.3, 0.4) is 0 Å². The second kappa shape index (κ2) is 4.86. The highest BCUT2D eigenvalue weighted by Gasteiger charge is 2.50. The molecular weight excluding hydrogens is 249 g/mol. The van der Waals surface area contributed by atoms with E-state index in [9.17, 15) is 21.6 Å². The molecule has 1 fully saturated rings. The van der Waals surface area contributed by atoms with Gasteiger partial charge in [-0.2, -0.15) is 17.5 Å². The van der Waals surface area contributed by atoms with Gasteiger partial charge in [-0.1, -0.05) is 0 Å². The molecule has 16 heavy (non-hydrogen) atoms. The Morgan fingerprint density at radius 2 is 2.12 bits per heavy atom. The van der Waals surface area contributed by atoms with Crippen molar-refractivity contribution in [3.05, 3.63) is 0 Å². The van der Waals surface area contributed by atoms with Crippen molar-refractivity contribution in [3.63, 3.8) is 0 Å². The molecule has 0 saturated carbocycles. The molecule has 0 bridgehead atoms. The summed E-state index contributed by atoms with van der Waals surface area (Å²) in [7, 11) is -3.61. The van der Waals surface area contributed by atoms with Crippen molar-refractivity contribution >= 4 is 10.0 Å². The first-order valence-electron chi connectivity index (χ1n) is 4.61. The summed E-state index contributed by atoms with van der Waals surface area (Å²) in [6.45, 7) is -0.254. The molecule has 0 aromatic rings. The van der Waals surface area contributed by atoms with E-state index in [-0.39, 0.29) is 19.7 Å². The Bertz CT molecular complexity index is 328. The van der Waals surface area contributed by atoms with E-state index in [0.717, 1.165) is 0 Å². The van der Waals surface area contributed by atoms with E-state index in [0.29, 0.717) is 10.8 Å². The second-order valence-electron chi connectivity index (χ2n) is 3.36. The molecular formula is C7H13F3N2O3S. The Kier molecular flexibility index (Phi) is 4.16. The van der Waals surface area contributed by atoms with Crippen molar-refractivity contribution in [2.75, 3.05) is 33.3 Å². The molecule has 1 heterocycles. The average molecular weight is 262 g/mol. The van der Waals surface area contributed by atoms with E-state index in [1.54, 1.807) is 7.05 Å². The highest BCUT2D eigenvalue weighted by molar-refractivity contribution is 7.90. The highest BCUT2D eigenvalue weighted by Crippen LogP contribution is 2.27. The molecule has 1 atom stereocenters. The van der Waals surface area contributed by atoms with Gasteiger partial charge in [0.2, 0.25) is 0 Å². The number of hydrogen-bond acceptors (Lipinski definition) is 4. The van der Waals surface area contributed by atoms with Crippen molar-refractivity contribution < 1.29 is 26.3 Å². The van der Waals surface area contributed by atoms with Gasteiger partial charge in [0.05, 0.1) is 12.7 Å². The lowest BCUT2D eigenvalue weighted by molar-refractivity contribution is -0.0566. The molecule has 1 rings (SSSR count). The van der Waals surface area contributed by atoms with Crippen LogP contribution < -0.4 is 5.32 Å². The van der Waals surface area contributed by atoms with Crippen molar-refractivity contribution in [2.24, 2.45) is 0 Å². The normalized spacial score (nSPS) is 24.6. The molecule has 0 aromatic carbocycles. The molecule has 9 heteroatoms. The number of sulfonamides is 1. The van der Waals surface area contributed by atoms with Crippen LogP contribution in [0.2, 0.25) is 0 Å². The number of halogens is 3. The van der Waals surface area contributed by atoms with E-state index in [1.165, 1.54) is 0 Å². The zero-order valence-corrected chi connectivity index (χ0v) is 9.44. The number of nitrogens with zero attached hydrogens (tertiary/aromatic N) is 1. The molecule has 1 aliphatic heterocycles. The Morgan fingerprint density at radius 3 is 2.62 bits per heavy atom. The van der Waals surface area contributed by atoms with E-state index >= 15 is 0 Å². The van der Waals surface area contributed by atoms with Crippen LogP contribution in [0.4, 0.5) is 13.2 Å². The molecule has 1 N–H and O–H groups in total. The van der Waals surface area contributed by atoms with Crippen LogP contribution in [-0.2, 0) is 14.8 Å². The monoisotopic (exact) mass is 262 g/mol. The summed E-state index contributed by atoms with van der Waals surface area (Å²) in [4.78, 5) is 0. The maximum Gasteiger partial charge on any atom is 0.511 e. The first-order chi connectivity index (χ1) is 7.29. The van der Waals surface area contributed by atoms with Crippen LogP contribution in [0.15, 0.2) is 0 Å².